The number of hydrogen-bond donors (Lipinski definition) is 1. The number of nitrogens with zero attached hydrogens (tertiary/aromatic N) is 2. The van der Waals surface area contributed by atoms with Gasteiger partial charge in [-0.2, -0.15) is 0 Å². The summed E-state index contributed by atoms with van der Waals surface area (Å²) in [6.07, 6.45) is 5.93. The number of aliphatic hydroxyl groups is 1. The highest BCUT2D eigenvalue weighted by atomic mass is 16.5. The highest BCUT2D eigenvalue weighted by molar-refractivity contribution is 6.46. The summed E-state index contributed by atoms with van der Waals surface area (Å²) >= 11 is 0. The lowest BCUT2D eigenvalue weighted by Crippen LogP contribution is -2.49. The third-order valence-electron chi connectivity index (χ3n) is 3.60. The molecule has 1 saturated carbocycles. The highest BCUT2D eigenvalue weighted by Crippen LogP contribution is 2.37. The molecule has 4 nitrogen and oxygen atoms in total. The fourth-order valence-electron chi connectivity index (χ4n) is 1.32. The molecule has 0 aliphatic heterocycles. The average molecular weight is 247 g/mol. The van der Waals surface area contributed by atoms with E-state index in [1.54, 1.807) is 33.7 Å². The standard InChI is InChI=1S/C13H20BN2O2/c1-12(2,17)13(3,4)18-14-10-7-15-11(16-8-10)9-5-6-9/h7-9,17H,5-6H2,1-4H3. The Hall–Kier alpha value is -0.935. The fraction of sp³-hybridized carbons (Fsp3) is 0.692. The first-order valence-corrected chi connectivity index (χ1v) is 6.35. The molecule has 1 N–H and O–H groups in total. The zero-order chi connectivity index (χ0) is 13.4. The van der Waals surface area contributed by atoms with Crippen molar-refractivity contribution in [3.8, 4) is 0 Å². The maximum absolute atomic E-state index is 9.97. The Morgan fingerprint density at radius 1 is 1.22 bits per heavy atom. The predicted molar refractivity (Wildman–Crippen MR) is 70.9 cm³/mol. The van der Waals surface area contributed by atoms with E-state index in [4.69, 9.17) is 4.65 Å². The molecule has 5 heteroatoms. The van der Waals surface area contributed by atoms with Crippen molar-refractivity contribution in [2.75, 3.05) is 0 Å². The quantitative estimate of drug-likeness (QED) is 0.793. The molecule has 1 fully saturated rings. The van der Waals surface area contributed by atoms with Gasteiger partial charge in [0, 0.05) is 18.3 Å². The maximum atomic E-state index is 9.97. The van der Waals surface area contributed by atoms with Crippen LogP contribution < -0.4 is 5.46 Å². The number of rotatable bonds is 5. The van der Waals surface area contributed by atoms with Crippen molar-refractivity contribution in [3.63, 3.8) is 0 Å². The van der Waals surface area contributed by atoms with E-state index in [1.807, 2.05) is 13.8 Å². The lowest BCUT2D eigenvalue weighted by molar-refractivity contribution is -0.0893. The van der Waals surface area contributed by atoms with Crippen LogP contribution in [0.25, 0.3) is 0 Å². The highest BCUT2D eigenvalue weighted by Gasteiger charge is 2.35. The molecule has 0 amide bonds. The molecule has 2 rings (SSSR count). The van der Waals surface area contributed by atoms with Gasteiger partial charge in [-0.25, -0.2) is 9.97 Å². The van der Waals surface area contributed by atoms with E-state index >= 15 is 0 Å². The summed E-state index contributed by atoms with van der Waals surface area (Å²) in [6.45, 7) is 7.16. The smallest absolute Gasteiger partial charge is 0.334 e. The lowest BCUT2D eigenvalue weighted by atomic mass is 9.84. The third kappa shape index (κ3) is 3.09. The van der Waals surface area contributed by atoms with Gasteiger partial charge in [0.1, 0.15) is 5.82 Å². The van der Waals surface area contributed by atoms with Crippen molar-refractivity contribution in [1.29, 1.82) is 0 Å². The molecule has 97 valence electrons. The molecule has 0 saturated heterocycles. The van der Waals surface area contributed by atoms with Crippen LogP contribution in [0.1, 0.15) is 52.3 Å². The van der Waals surface area contributed by atoms with E-state index in [2.05, 4.69) is 9.97 Å². The summed E-state index contributed by atoms with van der Waals surface area (Å²) in [7, 11) is 1.61. The van der Waals surface area contributed by atoms with Crippen LogP contribution in [0, 0.1) is 0 Å². The van der Waals surface area contributed by atoms with Crippen molar-refractivity contribution in [2.45, 2.75) is 57.7 Å². The number of hydrogen-bond acceptors (Lipinski definition) is 4. The monoisotopic (exact) mass is 247 g/mol. The normalized spacial score (nSPS) is 16.7. The van der Waals surface area contributed by atoms with Gasteiger partial charge >= 0.3 is 7.48 Å². The van der Waals surface area contributed by atoms with Gasteiger partial charge in [0.2, 0.25) is 0 Å². The molecular weight excluding hydrogens is 227 g/mol. The number of aromatic nitrogens is 2. The Morgan fingerprint density at radius 2 is 1.78 bits per heavy atom. The Balaban J connectivity index is 1.93. The second kappa shape index (κ2) is 4.63. The van der Waals surface area contributed by atoms with Gasteiger partial charge in [0.25, 0.3) is 0 Å². The van der Waals surface area contributed by atoms with Crippen LogP contribution in [0.3, 0.4) is 0 Å². The fourth-order valence-corrected chi connectivity index (χ4v) is 1.32. The predicted octanol–water partition coefficient (Wildman–Crippen LogP) is 1.16. The zero-order valence-corrected chi connectivity index (χ0v) is 11.5. The molecule has 0 atom stereocenters. The van der Waals surface area contributed by atoms with Crippen molar-refractivity contribution >= 4 is 12.9 Å². The molecule has 0 aromatic carbocycles. The molecule has 1 aromatic rings. The maximum Gasteiger partial charge on any atom is 0.334 e. The molecule has 18 heavy (non-hydrogen) atoms. The summed E-state index contributed by atoms with van der Waals surface area (Å²) in [4.78, 5) is 8.64. The van der Waals surface area contributed by atoms with Crippen LogP contribution in [0.5, 0.6) is 0 Å². The SMILES string of the molecule is CC(C)(O)C(C)(C)O[B]c1cnc(C2CC2)nc1. The second-order valence-corrected chi connectivity index (χ2v) is 5.95. The summed E-state index contributed by atoms with van der Waals surface area (Å²) < 4.78 is 5.64. The minimum Gasteiger partial charge on any atom is -0.427 e. The van der Waals surface area contributed by atoms with E-state index in [1.165, 1.54) is 12.8 Å². The van der Waals surface area contributed by atoms with Crippen molar-refractivity contribution in [3.05, 3.63) is 18.2 Å². The first-order valence-electron chi connectivity index (χ1n) is 6.35. The summed E-state index contributed by atoms with van der Waals surface area (Å²) in [5, 5.41) is 9.97. The van der Waals surface area contributed by atoms with Gasteiger partial charge in [-0.05, 0) is 46.0 Å². The zero-order valence-electron chi connectivity index (χ0n) is 11.5. The van der Waals surface area contributed by atoms with Gasteiger partial charge in [-0.1, -0.05) is 0 Å². The Morgan fingerprint density at radius 3 is 2.22 bits per heavy atom. The molecule has 1 aliphatic carbocycles. The molecule has 1 radical (unpaired) electrons. The lowest BCUT2D eigenvalue weighted by Gasteiger charge is -2.37. The van der Waals surface area contributed by atoms with Crippen LogP contribution in [0.4, 0.5) is 0 Å². The van der Waals surface area contributed by atoms with Gasteiger partial charge in [-0.3, -0.25) is 0 Å². The van der Waals surface area contributed by atoms with Crippen LogP contribution in [-0.2, 0) is 4.65 Å². The minimum atomic E-state index is -0.918. The van der Waals surface area contributed by atoms with E-state index in [0.717, 1.165) is 11.3 Å². The van der Waals surface area contributed by atoms with Gasteiger partial charge < -0.3 is 9.76 Å². The molecule has 1 aromatic heterocycles. The molecule has 0 bridgehead atoms. The van der Waals surface area contributed by atoms with E-state index < -0.39 is 11.2 Å². The Bertz CT molecular complexity index is 408. The van der Waals surface area contributed by atoms with E-state index in [-0.39, 0.29) is 0 Å². The second-order valence-electron chi connectivity index (χ2n) is 5.95. The van der Waals surface area contributed by atoms with E-state index in [0.29, 0.717) is 5.92 Å². The molecule has 0 spiro atoms. The summed E-state index contributed by atoms with van der Waals surface area (Å²) in [6, 6.07) is 0. The minimum absolute atomic E-state index is 0.563. The molecule has 1 aliphatic rings. The first kappa shape index (κ1) is 13.5. The third-order valence-corrected chi connectivity index (χ3v) is 3.60. The van der Waals surface area contributed by atoms with E-state index in [9.17, 15) is 5.11 Å². The van der Waals surface area contributed by atoms with Gasteiger partial charge in [0.15, 0.2) is 0 Å². The largest absolute Gasteiger partial charge is 0.427 e. The van der Waals surface area contributed by atoms with Gasteiger partial charge in [0.05, 0.1) is 11.2 Å². The molecule has 0 unspecified atom stereocenters. The average Bonchev–Trinajstić information content (AvgIpc) is 3.09. The topological polar surface area (TPSA) is 55.2 Å². The summed E-state index contributed by atoms with van der Waals surface area (Å²) in [5.41, 5.74) is -0.766. The van der Waals surface area contributed by atoms with Crippen LogP contribution in [-0.4, -0.2) is 33.8 Å². The van der Waals surface area contributed by atoms with Crippen LogP contribution in [0.15, 0.2) is 12.4 Å². The van der Waals surface area contributed by atoms with Crippen molar-refractivity contribution in [2.24, 2.45) is 0 Å². The van der Waals surface area contributed by atoms with Crippen LogP contribution in [0.2, 0.25) is 0 Å². The van der Waals surface area contributed by atoms with Gasteiger partial charge in [-0.15, -0.1) is 0 Å². The first-order chi connectivity index (χ1) is 8.29. The van der Waals surface area contributed by atoms with Crippen molar-refractivity contribution < 1.29 is 9.76 Å². The Labute approximate surface area is 109 Å². The molecule has 1 heterocycles. The van der Waals surface area contributed by atoms with Crippen molar-refractivity contribution in [1.82, 2.24) is 9.97 Å². The molecular formula is C13H20BN2O2. The Kier molecular flexibility index (Phi) is 3.47. The van der Waals surface area contributed by atoms with Crippen LogP contribution >= 0.6 is 0 Å². The summed E-state index contributed by atoms with van der Waals surface area (Å²) in [5.74, 6) is 1.49.